The normalized spacial score (nSPS) is 15.8. The summed E-state index contributed by atoms with van der Waals surface area (Å²) in [6, 6.07) is 21.1. The van der Waals surface area contributed by atoms with Crippen LogP contribution in [0.15, 0.2) is 66.7 Å². The van der Waals surface area contributed by atoms with Gasteiger partial charge in [-0.15, -0.1) is 0 Å². The molecule has 3 aromatic carbocycles. The predicted molar refractivity (Wildman–Crippen MR) is 123 cm³/mol. The summed E-state index contributed by atoms with van der Waals surface area (Å²) in [5.41, 5.74) is 4.86. The summed E-state index contributed by atoms with van der Waals surface area (Å²) in [6.45, 7) is 6.42. The zero-order chi connectivity index (χ0) is 22.0. The Morgan fingerprint density at radius 1 is 0.903 bits per heavy atom. The number of carbonyl (C=O) groups excluding carboxylic acids is 2. The van der Waals surface area contributed by atoms with Crippen LogP contribution in [0.3, 0.4) is 0 Å². The number of amides is 2. The van der Waals surface area contributed by atoms with E-state index in [2.05, 4.69) is 11.4 Å². The molecule has 1 N–H and O–H groups in total. The van der Waals surface area contributed by atoms with Crippen LogP contribution >= 0.6 is 0 Å². The van der Waals surface area contributed by atoms with Gasteiger partial charge in [0.25, 0.3) is 0 Å². The van der Waals surface area contributed by atoms with Crippen molar-refractivity contribution in [3.63, 3.8) is 0 Å². The summed E-state index contributed by atoms with van der Waals surface area (Å²) in [7, 11) is 0. The Hall–Kier alpha value is -3.60. The Morgan fingerprint density at radius 3 is 2.29 bits per heavy atom. The largest absolute Gasteiger partial charge is 0.457 e. The van der Waals surface area contributed by atoms with Crippen LogP contribution in [-0.2, 0) is 9.59 Å². The SMILES string of the molecule is Cc1cccc(Oc2ccc(NC(=O)[C@H]3CC(=O)N(c4cc(C)cc(C)c4)C3)cc2)c1. The van der Waals surface area contributed by atoms with E-state index in [9.17, 15) is 9.59 Å². The number of anilines is 2. The molecule has 3 aromatic rings. The van der Waals surface area contributed by atoms with Crippen molar-refractivity contribution in [2.75, 3.05) is 16.8 Å². The number of hydrogen-bond donors (Lipinski definition) is 1. The quantitative estimate of drug-likeness (QED) is 0.608. The first-order valence-electron chi connectivity index (χ1n) is 10.4. The molecular weight excluding hydrogens is 388 g/mol. The summed E-state index contributed by atoms with van der Waals surface area (Å²) in [6.07, 6.45) is 0.216. The molecule has 4 rings (SSSR count). The topological polar surface area (TPSA) is 58.6 Å². The Balaban J connectivity index is 1.38. The lowest BCUT2D eigenvalue weighted by atomic mass is 10.1. The summed E-state index contributed by atoms with van der Waals surface area (Å²) in [4.78, 5) is 27.0. The molecule has 31 heavy (non-hydrogen) atoms. The number of ether oxygens (including phenoxy) is 1. The van der Waals surface area contributed by atoms with Gasteiger partial charge in [0.15, 0.2) is 0 Å². The predicted octanol–water partition coefficient (Wildman–Crippen LogP) is 5.40. The number of nitrogens with zero attached hydrogens (tertiary/aromatic N) is 1. The van der Waals surface area contributed by atoms with Crippen LogP contribution in [0.5, 0.6) is 11.5 Å². The molecule has 0 aromatic heterocycles. The van der Waals surface area contributed by atoms with Crippen molar-refractivity contribution in [2.24, 2.45) is 5.92 Å². The molecule has 0 spiro atoms. The molecule has 5 heteroatoms. The molecule has 1 saturated heterocycles. The Kier molecular flexibility index (Phi) is 5.76. The number of benzene rings is 3. The van der Waals surface area contributed by atoms with Crippen molar-refractivity contribution in [3.05, 3.63) is 83.4 Å². The molecule has 0 saturated carbocycles. The minimum absolute atomic E-state index is 0.0212. The lowest BCUT2D eigenvalue weighted by Crippen LogP contribution is -2.28. The van der Waals surface area contributed by atoms with Gasteiger partial charge in [-0.3, -0.25) is 9.59 Å². The van der Waals surface area contributed by atoms with E-state index in [0.29, 0.717) is 18.0 Å². The van der Waals surface area contributed by atoms with Gasteiger partial charge in [-0.25, -0.2) is 0 Å². The molecule has 1 heterocycles. The van der Waals surface area contributed by atoms with Crippen LogP contribution < -0.4 is 15.0 Å². The van der Waals surface area contributed by atoms with Gasteiger partial charge in [-0.1, -0.05) is 18.2 Å². The molecule has 0 aliphatic carbocycles. The molecule has 1 fully saturated rings. The van der Waals surface area contributed by atoms with E-state index in [-0.39, 0.29) is 24.2 Å². The number of aryl methyl sites for hydroxylation is 3. The van der Waals surface area contributed by atoms with E-state index in [4.69, 9.17) is 4.74 Å². The average molecular weight is 415 g/mol. The average Bonchev–Trinajstić information content (AvgIpc) is 3.11. The van der Waals surface area contributed by atoms with E-state index in [1.54, 1.807) is 4.90 Å². The highest BCUT2D eigenvalue weighted by atomic mass is 16.5. The first-order chi connectivity index (χ1) is 14.9. The van der Waals surface area contributed by atoms with Crippen molar-refractivity contribution < 1.29 is 14.3 Å². The first-order valence-corrected chi connectivity index (χ1v) is 10.4. The van der Waals surface area contributed by atoms with Crippen LogP contribution in [0, 0.1) is 26.7 Å². The summed E-state index contributed by atoms with van der Waals surface area (Å²) in [5.74, 6) is 0.921. The third-order valence-electron chi connectivity index (χ3n) is 5.36. The fourth-order valence-electron chi connectivity index (χ4n) is 3.90. The van der Waals surface area contributed by atoms with Gasteiger partial charge >= 0.3 is 0 Å². The number of hydrogen-bond acceptors (Lipinski definition) is 3. The van der Waals surface area contributed by atoms with Crippen molar-refractivity contribution in [1.29, 1.82) is 0 Å². The Morgan fingerprint density at radius 2 is 1.61 bits per heavy atom. The van der Waals surface area contributed by atoms with E-state index >= 15 is 0 Å². The maximum Gasteiger partial charge on any atom is 0.229 e. The fraction of sp³-hybridized carbons (Fsp3) is 0.231. The molecule has 1 atom stereocenters. The molecule has 2 amide bonds. The van der Waals surface area contributed by atoms with Gasteiger partial charge in [0.2, 0.25) is 11.8 Å². The molecule has 0 radical (unpaired) electrons. The lowest BCUT2D eigenvalue weighted by Gasteiger charge is -2.18. The van der Waals surface area contributed by atoms with Crippen molar-refractivity contribution in [3.8, 4) is 11.5 Å². The molecule has 0 unspecified atom stereocenters. The van der Waals surface area contributed by atoms with Gasteiger partial charge in [-0.2, -0.15) is 0 Å². The maximum absolute atomic E-state index is 12.8. The number of rotatable bonds is 5. The van der Waals surface area contributed by atoms with E-state index in [0.717, 1.165) is 28.1 Å². The smallest absolute Gasteiger partial charge is 0.229 e. The van der Waals surface area contributed by atoms with Crippen LogP contribution in [0.4, 0.5) is 11.4 Å². The van der Waals surface area contributed by atoms with E-state index in [1.165, 1.54) is 0 Å². The zero-order valence-corrected chi connectivity index (χ0v) is 18.0. The third-order valence-corrected chi connectivity index (χ3v) is 5.36. The monoisotopic (exact) mass is 414 g/mol. The standard InChI is InChI=1S/C26H26N2O3/c1-17-5-4-6-24(14-17)31-23-9-7-21(8-10-23)27-26(30)20-15-25(29)28(16-20)22-12-18(2)11-19(3)13-22/h4-14,20H,15-16H2,1-3H3,(H,27,30)/t20-/m0/s1. The Labute approximate surface area is 182 Å². The van der Waals surface area contributed by atoms with Gasteiger partial charge in [0, 0.05) is 24.3 Å². The zero-order valence-electron chi connectivity index (χ0n) is 18.0. The lowest BCUT2D eigenvalue weighted by molar-refractivity contribution is -0.122. The molecular formula is C26H26N2O3. The van der Waals surface area contributed by atoms with Crippen molar-refractivity contribution >= 4 is 23.2 Å². The molecule has 0 bridgehead atoms. The second kappa shape index (κ2) is 8.64. The number of carbonyl (C=O) groups is 2. The molecule has 158 valence electrons. The third kappa shape index (κ3) is 4.94. The highest BCUT2D eigenvalue weighted by Crippen LogP contribution is 2.28. The highest BCUT2D eigenvalue weighted by Gasteiger charge is 2.35. The Bertz CT molecular complexity index is 1100. The van der Waals surface area contributed by atoms with Crippen LogP contribution in [0.1, 0.15) is 23.1 Å². The van der Waals surface area contributed by atoms with Gasteiger partial charge in [0.05, 0.1) is 5.92 Å². The van der Waals surface area contributed by atoms with Crippen molar-refractivity contribution in [2.45, 2.75) is 27.2 Å². The fourth-order valence-corrected chi connectivity index (χ4v) is 3.90. The minimum atomic E-state index is -0.378. The van der Waals surface area contributed by atoms with Crippen LogP contribution in [-0.4, -0.2) is 18.4 Å². The second-order valence-corrected chi connectivity index (χ2v) is 8.18. The molecule has 1 aliphatic heterocycles. The first kappa shape index (κ1) is 20.7. The van der Waals surface area contributed by atoms with Gasteiger partial charge in [-0.05, 0) is 86.0 Å². The van der Waals surface area contributed by atoms with Crippen molar-refractivity contribution in [1.82, 2.24) is 0 Å². The minimum Gasteiger partial charge on any atom is -0.457 e. The van der Waals surface area contributed by atoms with Crippen LogP contribution in [0.2, 0.25) is 0 Å². The molecule has 5 nitrogen and oxygen atoms in total. The van der Waals surface area contributed by atoms with Gasteiger partial charge in [0.1, 0.15) is 11.5 Å². The van der Waals surface area contributed by atoms with Gasteiger partial charge < -0.3 is 15.0 Å². The molecule has 1 aliphatic rings. The number of nitrogens with one attached hydrogen (secondary N) is 1. The van der Waals surface area contributed by atoms with E-state index in [1.807, 2.05) is 81.4 Å². The maximum atomic E-state index is 12.8. The second-order valence-electron chi connectivity index (χ2n) is 8.18. The summed E-state index contributed by atoms with van der Waals surface area (Å²) in [5, 5.41) is 2.93. The highest BCUT2D eigenvalue weighted by molar-refractivity contribution is 6.03. The summed E-state index contributed by atoms with van der Waals surface area (Å²) >= 11 is 0. The van der Waals surface area contributed by atoms with E-state index < -0.39 is 0 Å². The summed E-state index contributed by atoms with van der Waals surface area (Å²) < 4.78 is 5.85. The van der Waals surface area contributed by atoms with Crippen LogP contribution in [0.25, 0.3) is 0 Å².